The number of halogens is 2. The standard InChI is InChI=1S/C26H27ClFN5O2/c1-14(2)33-12-18(11-29-33)23-9-17(7-8-35-23)22-13-32-25(30-16(4)15(3)26(32)34)24(31-22)20-6-5-19(27)10-21(20)28/h5-6,10-14,17,23H,7-9H2,1-4H3/t17-,23+/m0/s1. The fraction of sp³-hybridized carbons (Fsp3) is 0.385. The topological polar surface area (TPSA) is 74.3 Å². The van der Waals surface area contributed by atoms with Gasteiger partial charge in [-0.2, -0.15) is 5.10 Å². The highest BCUT2D eigenvalue weighted by atomic mass is 35.5. The van der Waals surface area contributed by atoms with Crippen LogP contribution >= 0.6 is 11.6 Å². The van der Waals surface area contributed by atoms with Gasteiger partial charge in [0.2, 0.25) is 0 Å². The molecule has 0 amide bonds. The molecular formula is C26H27ClFN5O2. The molecule has 1 aliphatic rings. The van der Waals surface area contributed by atoms with E-state index in [1.807, 2.05) is 17.1 Å². The van der Waals surface area contributed by atoms with E-state index in [9.17, 15) is 4.79 Å². The van der Waals surface area contributed by atoms with Crippen molar-refractivity contribution < 1.29 is 9.13 Å². The third-order valence-electron chi connectivity index (χ3n) is 6.71. The highest BCUT2D eigenvalue weighted by Crippen LogP contribution is 2.38. The highest BCUT2D eigenvalue weighted by molar-refractivity contribution is 6.30. The number of ether oxygens (including phenoxy) is 1. The van der Waals surface area contributed by atoms with Crippen LogP contribution in [0.3, 0.4) is 0 Å². The minimum Gasteiger partial charge on any atom is -0.373 e. The van der Waals surface area contributed by atoms with Gasteiger partial charge in [0.05, 0.1) is 18.0 Å². The molecule has 0 saturated carbocycles. The second kappa shape index (κ2) is 9.17. The van der Waals surface area contributed by atoms with Crippen molar-refractivity contribution in [1.29, 1.82) is 0 Å². The predicted octanol–water partition coefficient (Wildman–Crippen LogP) is 5.58. The molecule has 3 aromatic heterocycles. The Kier molecular flexibility index (Phi) is 6.19. The molecule has 35 heavy (non-hydrogen) atoms. The molecule has 0 spiro atoms. The molecule has 1 aliphatic heterocycles. The van der Waals surface area contributed by atoms with Crippen LogP contribution in [0.25, 0.3) is 16.9 Å². The molecule has 2 atom stereocenters. The minimum absolute atomic E-state index is 0.0168. The minimum atomic E-state index is -0.512. The van der Waals surface area contributed by atoms with Gasteiger partial charge in [0.1, 0.15) is 11.5 Å². The van der Waals surface area contributed by atoms with Crippen molar-refractivity contribution >= 4 is 17.2 Å². The molecule has 9 heteroatoms. The van der Waals surface area contributed by atoms with Gasteiger partial charge in [-0.25, -0.2) is 14.4 Å². The smallest absolute Gasteiger partial charge is 0.261 e. The summed E-state index contributed by atoms with van der Waals surface area (Å²) in [5.74, 6) is -0.495. The summed E-state index contributed by atoms with van der Waals surface area (Å²) in [6.45, 7) is 8.22. The predicted molar refractivity (Wildman–Crippen MR) is 132 cm³/mol. The van der Waals surface area contributed by atoms with Crippen molar-refractivity contribution in [2.75, 3.05) is 6.61 Å². The summed E-state index contributed by atoms with van der Waals surface area (Å²) in [7, 11) is 0. The van der Waals surface area contributed by atoms with Crippen LogP contribution in [-0.2, 0) is 4.74 Å². The van der Waals surface area contributed by atoms with E-state index in [0.29, 0.717) is 41.3 Å². The van der Waals surface area contributed by atoms with Gasteiger partial charge in [0.15, 0.2) is 5.65 Å². The maximum atomic E-state index is 15.0. The summed E-state index contributed by atoms with van der Waals surface area (Å²) in [5.41, 5.74) is 3.58. The second-order valence-corrected chi connectivity index (χ2v) is 9.82. The Morgan fingerprint density at radius 2 is 2.00 bits per heavy atom. The maximum Gasteiger partial charge on any atom is 0.261 e. The summed E-state index contributed by atoms with van der Waals surface area (Å²) >= 11 is 5.99. The number of rotatable bonds is 4. The van der Waals surface area contributed by atoms with Gasteiger partial charge in [-0.3, -0.25) is 13.9 Å². The van der Waals surface area contributed by atoms with Gasteiger partial charge < -0.3 is 4.74 Å². The van der Waals surface area contributed by atoms with Gasteiger partial charge >= 0.3 is 0 Å². The molecule has 0 radical (unpaired) electrons. The molecule has 0 aliphatic carbocycles. The number of nitrogens with zero attached hydrogens (tertiary/aromatic N) is 5. The number of benzene rings is 1. The lowest BCUT2D eigenvalue weighted by Crippen LogP contribution is -2.24. The second-order valence-electron chi connectivity index (χ2n) is 9.39. The Morgan fingerprint density at radius 3 is 2.71 bits per heavy atom. The van der Waals surface area contributed by atoms with Crippen LogP contribution in [0.15, 0.2) is 41.6 Å². The Balaban J connectivity index is 1.62. The zero-order chi connectivity index (χ0) is 24.9. The maximum absolute atomic E-state index is 15.0. The van der Waals surface area contributed by atoms with Crippen LogP contribution in [0.4, 0.5) is 4.39 Å². The normalized spacial score (nSPS) is 18.5. The number of fused-ring (bicyclic) bond motifs is 1. The molecule has 7 nitrogen and oxygen atoms in total. The van der Waals surface area contributed by atoms with E-state index in [4.69, 9.17) is 21.3 Å². The van der Waals surface area contributed by atoms with E-state index < -0.39 is 5.82 Å². The molecule has 4 heterocycles. The first-order valence-electron chi connectivity index (χ1n) is 11.7. The summed E-state index contributed by atoms with van der Waals surface area (Å²) in [6, 6.07) is 4.70. The van der Waals surface area contributed by atoms with Crippen molar-refractivity contribution in [3.63, 3.8) is 0 Å². The first-order valence-corrected chi connectivity index (χ1v) is 12.1. The van der Waals surface area contributed by atoms with Gasteiger partial charge in [-0.1, -0.05) is 11.6 Å². The lowest BCUT2D eigenvalue weighted by Gasteiger charge is -2.29. The molecule has 4 aromatic rings. The van der Waals surface area contributed by atoms with E-state index in [1.165, 1.54) is 10.5 Å². The highest BCUT2D eigenvalue weighted by Gasteiger charge is 2.29. The van der Waals surface area contributed by atoms with Gasteiger partial charge in [-0.05, 0) is 58.7 Å². The quantitative estimate of drug-likeness (QED) is 0.369. The molecule has 0 bridgehead atoms. The average Bonchev–Trinajstić information content (AvgIpc) is 3.34. The van der Waals surface area contributed by atoms with Crippen molar-refractivity contribution in [2.45, 2.75) is 58.6 Å². The number of aryl methyl sites for hydroxylation is 1. The number of aromatic nitrogens is 5. The molecule has 0 N–H and O–H groups in total. The Bertz CT molecular complexity index is 1480. The Morgan fingerprint density at radius 1 is 1.20 bits per heavy atom. The summed E-state index contributed by atoms with van der Waals surface area (Å²) in [6.07, 6.45) is 6.89. The number of hydrogen-bond acceptors (Lipinski definition) is 5. The first-order chi connectivity index (χ1) is 16.7. The zero-order valence-corrected chi connectivity index (χ0v) is 20.9. The van der Waals surface area contributed by atoms with E-state index >= 15 is 4.39 Å². The van der Waals surface area contributed by atoms with Gasteiger partial charge in [-0.15, -0.1) is 0 Å². The molecule has 182 valence electrons. The van der Waals surface area contributed by atoms with Crippen LogP contribution in [-0.4, -0.2) is 30.8 Å². The van der Waals surface area contributed by atoms with Crippen LogP contribution in [0.2, 0.25) is 5.02 Å². The van der Waals surface area contributed by atoms with Crippen molar-refractivity contribution in [3.05, 3.63) is 80.5 Å². The van der Waals surface area contributed by atoms with Crippen molar-refractivity contribution in [1.82, 2.24) is 24.1 Å². The largest absolute Gasteiger partial charge is 0.373 e. The van der Waals surface area contributed by atoms with Crippen LogP contribution in [0.5, 0.6) is 0 Å². The SMILES string of the molecule is Cc1nc2c(-c3ccc(Cl)cc3F)nc([C@H]3CCO[C@@H](c4cnn(C(C)C)c4)C3)cn2c(=O)c1C. The van der Waals surface area contributed by atoms with E-state index in [0.717, 1.165) is 12.0 Å². The Hall–Kier alpha value is -3.10. The van der Waals surface area contributed by atoms with Crippen molar-refractivity contribution in [2.24, 2.45) is 0 Å². The van der Waals surface area contributed by atoms with Gasteiger partial charge in [0, 0.05) is 58.4 Å². The van der Waals surface area contributed by atoms with Gasteiger partial charge in [0.25, 0.3) is 5.56 Å². The number of hydrogen-bond donors (Lipinski definition) is 0. The molecular weight excluding hydrogens is 469 g/mol. The van der Waals surface area contributed by atoms with E-state index in [-0.39, 0.29) is 34.2 Å². The lowest BCUT2D eigenvalue weighted by atomic mass is 9.90. The zero-order valence-electron chi connectivity index (χ0n) is 20.1. The van der Waals surface area contributed by atoms with Crippen LogP contribution in [0, 0.1) is 19.7 Å². The molecule has 5 rings (SSSR count). The molecule has 1 saturated heterocycles. The molecule has 0 unspecified atom stereocenters. The van der Waals surface area contributed by atoms with Crippen LogP contribution < -0.4 is 5.56 Å². The van der Waals surface area contributed by atoms with Crippen molar-refractivity contribution in [3.8, 4) is 11.3 Å². The first kappa shape index (κ1) is 23.6. The summed E-state index contributed by atoms with van der Waals surface area (Å²) < 4.78 is 24.5. The van der Waals surface area contributed by atoms with E-state index in [1.54, 1.807) is 32.2 Å². The third-order valence-corrected chi connectivity index (χ3v) is 6.94. The van der Waals surface area contributed by atoms with E-state index in [2.05, 4.69) is 23.9 Å². The summed E-state index contributed by atoms with van der Waals surface area (Å²) in [5, 5.41) is 4.73. The molecule has 1 fully saturated rings. The van der Waals surface area contributed by atoms with Crippen LogP contribution in [0.1, 0.15) is 67.3 Å². The Labute approximate surface area is 207 Å². The third kappa shape index (κ3) is 4.36. The fourth-order valence-corrected chi connectivity index (χ4v) is 4.67. The molecule has 1 aromatic carbocycles. The summed E-state index contributed by atoms with van der Waals surface area (Å²) in [4.78, 5) is 22.7. The lowest BCUT2D eigenvalue weighted by molar-refractivity contribution is 0.00453. The monoisotopic (exact) mass is 495 g/mol. The average molecular weight is 496 g/mol. The fourth-order valence-electron chi connectivity index (χ4n) is 4.51.